The molecule has 0 aromatic rings. The molecular formula is C8H16ClNO. The van der Waals surface area contributed by atoms with Crippen LogP contribution < -0.4 is 5.73 Å². The maximum Gasteiger partial charge on any atom is 0.0825 e. The van der Waals surface area contributed by atoms with Gasteiger partial charge in [0.2, 0.25) is 0 Å². The standard InChI is InChI=1S/C8H15NO.ClH/c9-5-8(10,6-1-2-6)7-3-4-7;/h6-7,10H,1-5,9H2;1H. The molecule has 0 saturated heterocycles. The predicted molar refractivity (Wildman–Crippen MR) is 46.7 cm³/mol. The van der Waals surface area contributed by atoms with E-state index in [-0.39, 0.29) is 12.4 Å². The summed E-state index contributed by atoms with van der Waals surface area (Å²) in [6.07, 6.45) is 4.79. The molecule has 0 aromatic carbocycles. The smallest absolute Gasteiger partial charge is 0.0825 e. The van der Waals surface area contributed by atoms with Crippen molar-refractivity contribution < 1.29 is 5.11 Å². The highest BCUT2D eigenvalue weighted by Crippen LogP contribution is 2.51. The van der Waals surface area contributed by atoms with E-state index in [9.17, 15) is 5.11 Å². The van der Waals surface area contributed by atoms with Gasteiger partial charge in [-0.2, -0.15) is 0 Å². The third-order valence-corrected chi connectivity index (χ3v) is 2.90. The summed E-state index contributed by atoms with van der Waals surface area (Å²) in [5.74, 6) is 1.09. The summed E-state index contributed by atoms with van der Waals surface area (Å²) in [7, 11) is 0. The molecule has 0 bridgehead atoms. The Bertz CT molecular complexity index is 131. The zero-order valence-corrected chi connectivity index (χ0v) is 7.44. The van der Waals surface area contributed by atoms with Crippen LogP contribution in [0.15, 0.2) is 0 Å². The summed E-state index contributed by atoms with van der Waals surface area (Å²) < 4.78 is 0. The highest BCUT2D eigenvalue weighted by atomic mass is 35.5. The predicted octanol–water partition coefficient (Wildman–Crippen LogP) is 0.918. The number of rotatable bonds is 3. The second-order valence-electron chi connectivity index (χ2n) is 3.74. The van der Waals surface area contributed by atoms with E-state index in [2.05, 4.69) is 0 Å². The zero-order valence-electron chi connectivity index (χ0n) is 6.62. The topological polar surface area (TPSA) is 46.2 Å². The Balaban J connectivity index is 0.000000605. The molecule has 0 radical (unpaired) electrons. The van der Waals surface area contributed by atoms with Gasteiger partial charge in [0, 0.05) is 6.54 Å². The minimum Gasteiger partial charge on any atom is -0.388 e. The molecule has 0 amide bonds. The van der Waals surface area contributed by atoms with E-state index in [4.69, 9.17) is 5.73 Å². The lowest BCUT2D eigenvalue weighted by atomic mass is 9.92. The normalized spacial score (nSPS) is 24.5. The molecule has 3 N–H and O–H groups in total. The van der Waals surface area contributed by atoms with E-state index in [0.717, 1.165) is 0 Å². The van der Waals surface area contributed by atoms with Gasteiger partial charge in [0.25, 0.3) is 0 Å². The van der Waals surface area contributed by atoms with Crippen molar-refractivity contribution in [2.45, 2.75) is 31.3 Å². The summed E-state index contributed by atoms with van der Waals surface area (Å²) >= 11 is 0. The summed E-state index contributed by atoms with van der Waals surface area (Å²) in [6, 6.07) is 0. The number of hydrogen-bond donors (Lipinski definition) is 2. The van der Waals surface area contributed by atoms with Gasteiger partial charge in [0.05, 0.1) is 5.60 Å². The molecule has 2 saturated carbocycles. The van der Waals surface area contributed by atoms with Gasteiger partial charge < -0.3 is 10.8 Å². The summed E-state index contributed by atoms with van der Waals surface area (Å²) in [5, 5.41) is 9.97. The SMILES string of the molecule is Cl.NCC(O)(C1CC1)C1CC1. The molecule has 2 nitrogen and oxygen atoms in total. The first kappa shape index (κ1) is 9.30. The molecule has 66 valence electrons. The van der Waals surface area contributed by atoms with Crippen molar-refractivity contribution >= 4 is 12.4 Å². The van der Waals surface area contributed by atoms with Crippen LogP contribution in [0.1, 0.15) is 25.7 Å². The summed E-state index contributed by atoms with van der Waals surface area (Å²) in [6.45, 7) is 0.475. The number of nitrogens with two attached hydrogens (primary N) is 1. The average Bonchev–Trinajstić information content (AvgIpc) is 2.73. The Morgan fingerprint density at radius 3 is 1.73 bits per heavy atom. The lowest BCUT2D eigenvalue weighted by Gasteiger charge is -2.25. The zero-order chi connectivity index (χ0) is 7.19. The fourth-order valence-electron chi connectivity index (χ4n) is 1.83. The molecule has 3 heteroatoms. The summed E-state index contributed by atoms with van der Waals surface area (Å²) in [4.78, 5) is 0. The van der Waals surface area contributed by atoms with Crippen molar-refractivity contribution in [1.82, 2.24) is 0 Å². The van der Waals surface area contributed by atoms with Crippen LogP contribution in [-0.2, 0) is 0 Å². The van der Waals surface area contributed by atoms with Crippen molar-refractivity contribution in [2.24, 2.45) is 17.6 Å². The van der Waals surface area contributed by atoms with Gasteiger partial charge in [-0.1, -0.05) is 0 Å². The first-order chi connectivity index (χ1) is 4.77. The van der Waals surface area contributed by atoms with Crippen LogP contribution in [0.25, 0.3) is 0 Å². The maximum absolute atomic E-state index is 9.97. The molecule has 0 heterocycles. The van der Waals surface area contributed by atoms with Crippen LogP contribution in [-0.4, -0.2) is 17.3 Å². The van der Waals surface area contributed by atoms with Gasteiger partial charge in [-0.15, -0.1) is 12.4 Å². The fraction of sp³-hybridized carbons (Fsp3) is 1.00. The van der Waals surface area contributed by atoms with E-state index < -0.39 is 5.60 Å². The summed E-state index contributed by atoms with van der Waals surface area (Å²) in [5.41, 5.74) is 5.08. The van der Waals surface area contributed by atoms with Gasteiger partial charge in [-0.05, 0) is 37.5 Å². The monoisotopic (exact) mass is 177 g/mol. The Hall–Kier alpha value is 0.210. The fourth-order valence-corrected chi connectivity index (χ4v) is 1.83. The molecule has 0 aromatic heterocycles. The van der Waals surface area contributed by atoms with Crippen molar-refractivity contribution in [3.05, 3.63) is 0 Å². The van der Waals surface area contributed by atoms with Crippen LogP contribution >= 0.6 is 12.4 Å². The third kappa shape index (κ3) is 1.53. The molecule has 11 heavy (non-hydrogen) atoms. The van der Waals surface area contributed by atoms with Crippen LogP contribution in [0.2, 0.25) is 0 Å². The number of aliphatic hydroxyl groups is 1. The van der Waals surface area contributed by atoms with Crippen molar-refractivity contribution in [2.75, 3.05) is 6.54 Å². The Morgan fingerprint density at radius 1 is 1.18 bits per heavy atom. The molecule has 0 unspecified atom stereocenters. The number of halogens is 1. The Labute approximate surface area is 73.6 Å². The lowest BCUT2D eigenvalue weighted by molar-refractivity contribution is 0.00413. The quantitative estimate of drug-likeness (QED) is 0.674. The van der Waals surface area contributed by atoms with Gasteiger partial charge >= 0.3 is 0 Å². The largest absolute Gasteiger partial charge is 0.388 e. The molecule has 2 rings (SSSR count). The first-order valence-corrected chi connectivity index (χ1v) is 4.20. The van der Waals surface area contributed by atoms with Crippen LogP contribution in [0.4, 0.5) is 0 Å². The van der Waals surface area contributed by atoms with Crippen molar-refractivity contribution in [1.29, 1.82) is 0 Å². The Morgan fingerprint density at radius 2 is 1.55 bits per heavy atom. The lowest BCUT2D eigenvalue weighted by Crippen LogP contribution is -2.42. The van der Waals surface area contributed by atoms with E-state index >= 15 is 0 Å². The minimum atomic E-state index is -0.458. The van der Waals surface area contributed by atoms with Crippen LogP contribution in [0, 0.1) is 11.8 Å². The molecule has 0 aliphatic heterocycles. The highest BCUT2D eigenvalue weighted by molar-refractivity contribution is 5.85. The average molecular weight is 178 g/mol. The molecule has 0 spiro atoms. The third-order valence-electron chi connectivity index (χ3n) is 2.90. The van der Waals surface area contributed by atoms with Gasteiger partial charge in [0.1, 0.15) is 0 Å². The van der Waals surface area contributed by atoms with Gasteiger partial charge in [0.15, 0.2) is 0 Å². The molecule has 2 aliphatic rings. The second-order valence-corrected chi connectivity index (χ2v) is 3.74. The second kappa shape index (κ2) is 2.92. The van der Waals surface area contributed by atoms with Gasteiger partial charge in [-0.25, -0.2) is 0 Å². The minimum absolute atomic E-state index is 0. The molecule has 0 atom stereocenters. The molecule has 2 aliphatic carbocycles. The van der Waals surface area contributed by atoms with Crippen LogP contribution in [0.3, 0.4) is 0 Å². The Kier molecular flexibility index (Phi) is 2.47. The maximum atomic E-state index is 9.97. The van der Waals surface area contributed by atoms with E-state index in [1.165, 1.54) is 25.7 Å². The van der Waals surface area contributed by atoms with Crippen molar-refractivity contribution in [3.8, 4) is 0 Å². The van der Waals surface area contributed by atoms with E-state index in [0.29, 0.717) is 18.4 Å². The highest BCUT2D eigenvalue weighted by Gasteiger charge is 2.52. The van der Waals surface area contributed by atoms with Gasteiger partial charge in [-0.3, -0.25) is 0 Å². The molecule has 2 fully saturated rings. The van der Waals surface area contributed by atoms with Crippen molar-refractivity contribution in [3.63, 3.8) is 0 Å². The van der Waals surface area contributed by atoms with Crippen LogP contribution in [0.5, 0.6) is 0 Å². The number of hydrogen-bond acceptors (Lipinski definition) is 2. The van der Waals surface area contributed by atoms with E-state index in [1.54, 1.807) is 0 Å². The van der Waals surface area contributed by atoms with E-state index in [1.807, 2.05) is 0 Å². The molecular weight excluding hydrogens is 162 g/mol. The first-order valence-electron chi connectivity index (χ1n) is 4.20.